The van der Waals surface area contributed by atoms with Crippen LogP contribution >= 0.6 is 0 Å². The Kier molecular flexibility index (Phi) is 4.24. The number of aromatic amines is 1. The molecule has 0 aliphatic rings. The predicted octanol–water partition coefficient (Wildman–Crippen LogP) is 1.35. The first-order valence-electron chi connectivity index (χ1n) is 6.38. The zero-order valence-electron chi connectivity index (χ0n) is 11.4. The monoisotopic (exact) mass is 272 g/mol. The molecule has 2 aromatic rings. The van der Waals surface area contributed by atoms with E-state index >= 15 is 0 Å². The van der Waals surface area contributed by atoms with Gasteiger partial charge in [0.25, 0.3) is 11.5 Å². The fourth-order valence-corrected chi connectivity index (χ4v) is 1.83. The van der Waals surface area contributed by atoms with Crippen LogP contribution in [-0.2, 0) is 0 Å². The van der Waals surface area contributed by atoms with Crippen LogP contribution in [0.2, 0.25) is 0 Å². The summed E-state index contributed by atoms with van der Waals surface area (Å²) < 4.78 is 0. The van der Waals surface area contributed by atoms with Gasteiger partial charge in [0.15, 0.2) is 0 Å². The Hall–Kier alpha value is -2.50. The van der Waals surface area contributed by atoms with Crippen molar-refractivity contribution in [3.05, 3.63) is 58.0 Å². The Morgan fingerprint density at radius 2 is 2.25 bits per heavy atom. The second-order valence-corrected chi connectivity index (χ2v) is 4.49. The maximum absolute atomic E-state index is 12.1. The Balaban J connectivity index is 2.16. The first kappa shape index (κ1) is 13.9. The lowest BCUT2D eigenvalue weighted by atomic mass is 10.1. The minimum Gasteiger partial charge on any atom is -0.342 e. The molecule has 0 saturated carbocycles. The number of nitrogens with zero attached hydrogens (tertiary/aromatic N) is 2. The summed E-state index contributed by atoms with van der Waals surface area (Å²) in [7, 11) is 0. The van der Waals surface area contributed by atoms with Crippen molar-refractivity contribution < 1.29 is 4.79 Å². The van der Waals surface area contributed by atoms with Crippen LogP contribution in [0.4, 0.5) is 0 Å². The molecule has 0 fully saturated rings. The van der Waals surface area contributed by atoms with Crippen molar-refractivity contribution in [2.45, 2.75) is 26.3 Å². The molecule has 0 unspecified atom stereocenters. The second kappa shape index (κ2) is 6.10. The molecule has 2 heterocycles. The van der Waals surface area contributed by atoms with E-state index in [-0.39, 0.29) is 23.2 Å². The van der Waals surface area contributed by atoms with Crippen molar-refractivity contribution >= 4 is 5.91 Å². The van der Waals surface area contributed by atoms with E-state index in [1.54, 1.807) is 6.20 Å². The number of amides is 1. The molecule has 0 aromatic carbocycles. The summed E-state index contributed by atoms with van der Waals surface area (Å²) in [5.41, 5.74) is 1.74. The highest BCUT2D eigenvalue weighted by Gasteiger charge is 2.16. The number of pyridine rings is 1. The topological polar surface area (TPSA) is 87.7 Å². The number of carbonyl (C=O) groups is 1. The fourth-order valence-electron chi connectivity index (χ4n) is 1.83. The Morgan fingerprint density at radius 3 is 2.85 bits per heavy atom. The van der Waals surface area contributed by atoms with Crippen molar-refractivity contribution in [1.29, 1.82) is 0 Å². The number of nitrogens with one attached hydrogen (secondary N) is 2. The highest BCUT2D eigenvalue weighted by molar-refractivity contribution is 5.92. The predicted molar refractivity (Wildman–Crippen MR) is 74.3 cm³/mol. The zero-order chi connectivity index (χ0) is 14.5. The van der Waals surface area contributed by atoms with Crippen molar-refractivity contribution in [3.8, 4) is 0 Å². The van der Waals surface area contributed by atoms with Gasteiger partial charge in [0, 0.05) is 12.4 Å². The summed E-state index contributed by atoms with van der Waals surface area (Å²) in [5, 5.41) is 2.86. The van der Waals surface area contributed by atoms with Gasteiger partial charge in [0.1, 0.15) is 5.69 Å². The highest BCUT2D eigenvalue weighted by atomic mass is 16.2. The molecular formula is C14H16N4O2. The summed E-state index contributed by atoms with van der Waals surface area (Å²) in [5.74, 6) is -0.337. The van der Waals surface area contributed by atoms with Gasteiger partial charge in [-0.25, -0.2) is 4.98 Å². The van der Waals surface area contributed by atoms with Gasteiger partial charge in [0.05, 0.1) is 17.9 Å². The van der Waals surface area contributed by atoms with Crippen LogP contribution in [-0.4, -0.2) is 20.9 Å². The molecule has 0 spiro atoms. The van der Waals surface area contributed by atoms with E-state index < -0.39 is 0 Å². The molecule has 0 saturated heterocycles. The summed E-state index contributed by atoms with van der Waals surface area (Å²) in [6.45, 7) is 3.94. The minimum atomic E-state index is -0.339. The van der Waals surface area contributed by atoms with Gasteiger partial charge in [-0.2, -0.15) is 0 Å². The van der Waals surface area contributed by atoms with E-state index in [9.17, 15) is 9.59 Å². The van der Waals surface area contributed by atoms with Crippen LogP contribution in [0.25, 0.3) is 0 Å². The van der Waals surface area contributed by atoms with E-state index in [0.717, 1.165) is 17.5 Å². The van der Waals surface area contributed by atoms with Gasteiger partial charge in [0.2, 0.25) is 0 Å². The molecule has 2 aromatic heterocycles. The maximum atomic E-state index is 12.1. The maximum Gasteiger partial charge on any atom is 0.271 e. The number of carbonyl (C=O) groups excluding carboxylic acids is 1. The average molecular weight is 272 g/mol. The Bertz CT molecular complexity index is 646. The van der Waals surface area contributed by atoms with Gasteiger partial charge >= 0.3 is 0 Å². The zero-order valence-corrected chi connectivity index (χ0v) is 11.4. The fraction of sp³-hybridized carbons (Fsp3) is 0.286. The lowest BCUT2D eigenvalue weighted by Crippen LogP contribution is -2.30. The molecule has 20 heavy (non-hydrogen) atoms. The first-order chi connectivity index (χ1) is 9.60. The normalized spacial score (nSPS) is 11.9. The molecule has 2 rings (SSSR count). The number of aromatic nitrogens is 3. The highest BCUT2D eigenvalue weighted by Crippen LogP contribution is 2.15. The largest absolute Gasteiger partial charge is 0.342 e. The van der Waals surface area contributed by atoms with Crippen LogP contribution in [0.1, 0.15) is 41.1 Å². The van der Waals surface area contributed by atoms with Crippen molar-refractivity contribution in [3.63, 3.8) is 0 Å². The van der Waals surface area contributed by atoms with Crippen molar-refractivity contribution in [1.82, 2.24) is 20.3 Å². The standard InChI is InChI=1S/C14H16N4O2/c1-3-10(11-6-9(2)4-5-15-11)18-14(20)12-7-17-13(19)8-16-12/h4-8,10H,3H2,1-2H3,(H,17,19)(H,18,20)/t10-/m0/s1. The van der Waals surface area contributed by atoms with Gasteiger partial charge in [-0.3, -0.25) is 14.6 Å². The number of aryl methyl sites for hydroxylation is 1. The molecule has 1 amide bonds. The van der Waals surface area contributed by atoms with E-state index in [0.29, 0.717) is 6.42 Å². The van der Waals surface area contributed by atoms with E-state index in [1.165, 1.54) is 6.20 Å². The third kappa shape index (κ3) is 3.28. The molecule has 104 valence electrons. The molecule has 0 aliphatic carbocycles. The van der Waals surface area contributed by atoms with E-state index in [2.05, 4.69) is 20.3 Å². The van der Waals surface area contributed by atoms with E-state index in [1.807, 2.05) is 26.0 Å². The molecule has 0 radical (unpaired) electrons. The molecule has 6 nitrogen and oxygen atoms in total. The third-order valence-corrected chi connectivity index (χ3v) is 2.91. The lowest BCUT2D eigenvalue weighted by Gasteiger charge is -2.16. The van der Waals surface area contributed by atoms with Gasteiger partial charge < -0.3 is 10.3 Å². The Morgan fingerprint density at radius 1 is 1.45 bits per heavy atom. The Labute approximate surface area is 116 Å². The number of hydrogen-bond acceptors (Lipinski definition) is 4. The quantitative estimate of drug-likeness (QED) is 0.879. The molecule has 2 N–H and O–H groups in total. The molecule has 0 aliphatic heterocycles. The number of H-pyrrole nitrogens is 1. The average Bonchev–Trinajstić information content (AvgIpc) is 2.45. The molecular weight excluding hydrogens is 256 g/mol. The minimum absolute atomic E-state index is 0.177. The van der Waals surface area contributed by atoms with Crippen LogP contribution in [0.3, 0.4) is 0 Å². The van der Waals surface area contributed by atoms with Crippen LogP contribution in [0.15, 0.2) is 35.5 Å². The summed E-state index contributed by atoms with van der Waals surface area (Å²) >= 11 is 0. The summed E-state index contributed by atoms with van der Waals surface area (Å²) in [6, 6.07) is 3.66. The molecule has 1 atom stereocenters. The third-order valence-electron chi connectivity index (χ3n) is 2.91. The SMILES string of the molecule is CC[C@H](NC(=O)c1c[nH]c(=O)cn1)c1cc(C)ccn1. The first-order valence-corrected chi connectivity index (χ1v) is 6.38. The number of hydrogen-bond donors (Lipinski definition) is 2. The van der Waals surface area contributed by atoms with E-state index in [4.69, 9.17) is 0 Å². The van der Waals surface area contributed by atoms with Gasteiger partial charge in [-0.1, -0.05) is 6.92 Å². The van der Waals surface area contributed by atoms with Crippen LogP contribution in [0, 0.1) is 6.92 Å². The van der Waals surface area contributed by atoms with Crippen LogP contribution < -0.4 is 10.9 Å². The summed E-state index contributed by atoms with van der Waals surface area (Å²) in [6.07, 6.45) is 4.82. The van der Waals surface area contributed by atoms with Crippen molar-refractivity contribution in [2.24, 2.45) is 0 Å². The van der Waals surface area contributed by atoms with Gasteiger partial charge in [-0.05, 0) is 31.0 Å². The lowest BCUT2D eigenvalue weighted by molar-refractivity contribution is 0.0929. The van der Waals surface area contributed by atoms with Crippen LogP contribution in [0.5, 0.6) is 0 Å². The van der Waals surface area contributed by atoms with Crippen molar-refractivity contribution in [2.75, 3.05) is 0 Å². The second-order valence-electron chi connectivity index (χ2n) is 4.49. The molecule has 6 heteroatoms. The molecule has 0 bridgehead atoms. The smallest absolute Gasteiger partial charge is 0.271 e. The number of rotatable bonds is 4. The van der Waals surface area contributed by atoms with Gasteiger partial charge in [-0.15, -0.1) is 0 Å². The summed E-state index contributed by atoms with van der Waals surface area (Å²) in [4.78, 5) is 33.5.